The molecule has 0 aromatic carbocycles. The van der Waals surface area contributed by atoms with Gasteiger partial charge in [0.2, 0.25) is 17.6 Å². The van der Waals surface area contributed by atoms with Crippen molar-refractivity contribution in [1.29, 1.82) is 0 Å². The second-order valence-corrected chi connectivity index (χ2v) is 12.9. The van der Waals surface area contributed by atoms with Crippen LogP contribution in [0.2, 0.25) is 0 Å². The lowest BCUT2D eigenvalue weighted by molar-refractivity contribution is -0.144. The standard InChI is InChI=1S/C28H44N4O6/c1-15(2)13-18(22(33)23(29)34)30-24(35)21-19-17(28(19,6)7)14-32(21)25(36)20(16-11-9-8-10-12-16)31-26(37)38-27(3,4)5/h16-21H,1,8-14H2,2-7H3,(H2,29,34)(H,30,35)(H,31,37)/t17?,18?,19?,20-,21-/m0/s1. The van der Waals surface area contributed by atoms with Crippen molar-refractivity contribution in [3.63, 3.8) is 0 Å². The summed E-state index contributed by atoms with van der Waals surface area (Å²) in [6.45, 7) is 15.2. The summed E-state index contributed by atoms with van der Waals surface area (Å²) in [7, 11) is 0. The number of Topliss-reactive ketones (excluding diaryl/α,β-unsaturated/α-hetero) is 1. The molecule has 5 atom stereocenters. The molecule has 3 aliphatic rings. The average molecular weight is 533 g/mol. The zero-order chi connectivity index (χ0) is 28.6. The van der Waals surface area contributed by atoms with Crippen molar-refractivity contribution in [3.05, 3.63) is 12.2 Å². The third-order valence-electron chi connectivity index (χ3n) is 8.25. The average Bonchev–Trinajstić information content (AvgIpc) is 3.14. The van der Waals surface area contributed by atoms with Gasteiger partial charge in [0.1, 0.15) is 23.7 Å². The number of alkyl carbamates (subject to hydrolysis) is 1. The summed E-state index contributed by atoms with van der Waals surface area (Å²) in [4.78, 5) is 66.1. The van der Waals surface area contributed by atoms with E-state index in [1.165, 1.54) is 0 Å². The van der Waals surface area contributed by atoms with Crippen molar-refractivity contribution >= 4 is 29.6 Å². The molecule has 0 radical (unpaired) electrons. The van der Waals surface area contributed by atoms with E-state index in [9.17, 15) is 24.0 Å². The highest BCUT2D eigenvalue weighted by atomic mass is 16.6. The maximum Gasteiger partial charge on any atom is 0.408 e. The van der Waals surface area contributed by atoms with E-state index in [-0.39, 0.29) is 35.5 Å². The van der Waals surface area contributed by atoms with Crippen molar-refractivity contribution in [1.82, 2.24) is 15.5 Å². The van der Waals surface area contributed by atoms with Gasteiger partial charge in [-0.25, -0.2) is 4.79 Å². The Kier molecular flexibility index (Phi) is 8.63. The molecule has 4 N–H and O–H groups in total. The minimum atomic E-state index is -1.15. The van der Waals surface area contributed by atoms with Crippen molar-refractivity contribution in [2.24, 2.45) is 28.9 Å². The number of nitrogens with two attached hydrogens (primary N) is 1. The van der Waals surface area contributed by atoms with E-state index >= 15 is 0 Å². The molecule has 1 heterocycles. The monoisotopic (exact) mass is 532 g/mol. The quantitative estimate of drug-likeness (QED) is 0.307. The predicted molar refractivity (Wildman–Crippen MR) is 142 cm³/mol. The molecule has 2 aliphatic carbocycles. The minimum Gasteiger partial charge on any atom is -0.444 e. The molecule has 0 aromatic rings. The van der Waals surface area contributed by atoms with Crippen LogP contribution in [0.15, 0.2) is 12.2 Å². The summed E-state index contributed by atoms with van der Waals surface area (Å²) < 4.78 is 5.46. The number of nitrogens with zero attached hydrogens (tertiary/aromatic N) is 1. The molecule has 3 unspecified atom stereocenters. The Bertz CT molecular complexity index is 994. The summed E-state index contributed by atoms with van der Waals surface area (Å²) in [5, 5.41) is 5.50. The Hall–Kier alpha value is -2.91. The van der Waals surface area contributed by atoms with Gasteiger partial charge in [0.15, 0.2) is 0 Å². The summed E-state index contributed by atoms with van der Waals surface area (Å²) in [6, 6.07) is -2.80. The molecule has 10 heteroatoms. The van der Waals surface area contributed by atoms with Crippen LogP contribution in [0.5, 0.6) is 0 Å². The normalized spacial score (nSPS) is 25.9. The van der Waals surface area contributed by atoms with E-state index in [4.69, 9.17) is 10.5 Å². The number of fused-ring (bicyclic) bond motifs is 1. The maximum absolute atomic E-state index is 14.1. The fourth-order valence-electron chi connectivity index (χ4n) is 6.26. The molecule has 3 rings (SSSR count). The van der Waals surface area contributed by atoms with Crippen LogP contribution in [0, 0.1) is 23.2 Å². The highest BCUT2D eigenvalue weighted by molar-refractivity contribution is 6.38. The Morgan fingerprint density at radius 3 is 2.21 bits per heavy atom. The maximum atomic E-state index is 14.1. The van der Waals surface area contributed by atoms with E-state index in [0.29, 0.717) is 12.1 Å². The van der Waals surface area contributed by atoms with Crippen LogP contribution in [0.1, 0.15) is 80.1 Å². The van der Waals surface area contributed by atoms with E-state index in [0.717, 1.165) is 32.1 Å². The van der Waals surface area contributed by atoms with Gasteiger partial charge in [0, 0.05) is 6.54 Å². The van der Waals surface area contributed by atoms with Crippen LogP contribution in [0.4, 0.5) is 4.79 Å². The second-order valence-electron chi connectivity index (χ2n) is 12.9. The fraction of sp³-hybridized carbons (Fsp3) is 0.750. The van der Waals surface area contributed by atoms with Gasteiger partial charge >= 0.3 is 6.09 Å². The molecule has 3 fully saturated rings. The third kappa shape index (κ3) is 6.56. The lowest BCUT2D eigenvalue weighted by Crippen LogP contribution is -2.59. The zero-order valence-electron chi connectivity index (χ0n) is 23.6. The number of rotatable bonds is 9. The number of hydrogen-bond donors (Lipinski definition) is 3. The topological polar surface area (TPSA) is 148 Å². The summed E-state index contributed by atoms with van der Waals surface area (Å²) in [5.74, 6) is -2.92. The van der Waals surface area contributed by atoms with Crippen molar-refractivity contribution in [2.45, 2.75) is 104 Å². The summed E-state index contributed by atoms with van der Waals surface area (Å²) in [6.07, 6.45) is 3.99. The van der Waals surface area contributed by atoms with E-state index < -0.39 is 47.4 Å². The van der Waals surface area contributed by atoms with Gasteiger partial charge in [0.25, 0.3) is 5.91 Å². The molecule has 0 aromatic heterocycles. The highest BCUT2D eigenvalue weighted by Gasteiger charge is 2.69. The SMILES string of the molecule is C=C(C)CC(NC(=O)[C@@H]1C2C(CN1C(=O)[C@@H](NC(=O)OC(C)(C)C)C1CCCCC1)C2(C)C)C(=O)C(N)=O. The van der Waals surface area contributed by atoms with E-state index in [1.54, 1.807) is 32.6 Å². The molecule has 1 aliphatic heterocycles. The number of likely N-dealkylation sites (tertiary alicyclic amines) is 1. The number of piperidine rings is 1. The van der Waals surface area contributed by atoms with Gasteiger partial charge in [0.05, 0.1) is 0 Å². The number of amides is 4. The second kappa shape index (κ2) is 11.1. The number of primary amides is 1. The Labute approximate surface area is 225 Å². The summed E-state index contributed by atoms with van der Waals surface area (Å²) >= 11 is 0. The molecule has 0 spiro atoms. The van der Waals surface area contributed by atoms with Crippen molar-refractivity contribution in [2.75, 3.05) is 6.54 Å². The number of hydrogen-bond acceptors (Lipinski definition) is 6. The molecule has 38 heavy (non-hydrogen) atoms. The largest absolute Gasteiger partial charge is 0.444 e. The van der Waals surface area contributed by atoms with E-state index in [1.807, 2.05) is 0 Å². The zero-order valence-corrected chi connectivity index (χ0v) is 23.6. The van der Waals surface area contributed by atoms with Crippen molar-refractivity contribution < 1.29 is 28.7 Å². The molecular weight excluding hydrogens is 488 g/mol. The van der Waals surface area contributed by atoms with Crippen LogP contribution in [-0.4, -0.2) is 64.8 Å². The van der Waals surface area contributed by atoms with Gasteiger partial charge in [-0.15, -0.1) is 6.58 Å². The number of carbonyl (C=O) groups excluding carboxylic acids is 5. The van der Waals surface area contributed by atoms with Gasteiger partial charge in [-0.2, -0.15) is 0 Å². The Balaban J connectivity index is 1.87. The number of ether oxygens (including phenoxy) is 1. The van der Waals surface area contributed by atoms with Crippen LogP contribution in [0.3, 0.4) is 0 Å². The first kappa shape index (κ1) is 29.6. The first-order valence-corrected chi connectivity index (χ1v) is 13.6. The molecule has 0 bridgehead atoms. The smallest absolute Gasteiger partial charge is 0.408 e. The lowest BCUT2D eigenvalue weighted by atomic mass is 9.83. The van der Waals surface area contributed by atoms with Crippen LogP contribution < -0.4 is 16.4 Å². The molecule has 1 saturated heterocycles. The van der Waals surface area contributed by atoms with Crippen LogP contribution >= 0.6 is 0 Å². The highest BCUT2D eigenvalue weighted by Crippen LogP contribution is 2.65. The first-order valence-electron chi connectivity index (χ1n) is 13.6. The number of carbonyl (C=O) groups is 5. The van der Waals surface area contributed by atoms with Gasteiger partial charge in [-0.1, -0.05) is 38.7 Å². The van der Waals surface area contributed by atoms with Crippen LogP contribution in [-0.2, 0) is 23.9 Å². The Morgan fingerprint density at radius 1 is 1.08 bits per heavy atom. The van der Waals surface area contributed by atoms with E-state index in [2.05, 4.69) is 31.1 Å². The van der Waals surface area contributed by atoms with Gasteiger partial charge < -0.3 is 26.0 Å². The molecule has 4 amide bonds. The predicted octanol–water partition coefficient (Wildman–Crippen LogP) is 2.45. The fourth-order valence-corrected chi connectivity index (χ4v) is 6.26. The summed E-state index contributed by atoms with van der Waals surface area (Å²) in [5.41, 5.74) is 4.94. The van der Waals surface area contributed by atoms with Crippen LogP contribution in [0.25, 0.3) is 0 Å². The third-order valence-corrected chi connectivity index (χ3v) is 8.25. The molecular formula is C28H44N4O6. The number of ketones is 1. The lowest BCUT2D eigenvalue weighted by Gasteiger charge is -2.37. The first-order chi connectivity index (χ1) is 17.5. The van der Waals surface area contributed by atoms with Crippen molar-refractivity contribution in [3.8, 4) is 0 Å². The molecule has 212 valence electrons. The molecule has 2 saturated carbocycles. The minimum absolute atomic E-state index is 0.0648. The van der Waals surface area contributed by atoms with Gasteiger partial charge in [-0.3, -0.25) is 19.2 Å². The Morgan fingerprint density at radius 2 is 1.68 bits per heavy atom. The number of nitrogens with one attached hydrogen (secondary N) is 2. The molecule has 10 nitrogen and oxygen atoms in total. The van der Waals surface area contributed by atoms with Gasteiger partial charge in [-0.05, 0) is 70.1 Å².